The fourth-order valence-corrected chi connectivity index (χ4v) is 1.67. The molecular weight excluding hydrogens is 224 g/mol. The summed E-state index contributed by atoms with van der Waals surface area (Å²) in [7, 11) is 0. The zero-order valence-electron chi connectivity index (χ0n) is 9.34. The molecule has 1 atom stereocenters. The number of nitrogens with one attached hydrogen (secondary N) is 1. The number of ether oxygens (including phenoxy) is 1. The van der Waals surface area contributed by atoms with Gasteiger partial charge in [-0.05, 0) is 6.92 Å². The number of nitrogens with zero attached hydrogens (tertiary/aromatic N) is 3. The third-order valence-corrected chi connectivity index (χ3v) is 2.51. The number of morpholine rings is 1. The Morgan fingerprint density at radius 3 is 3.00 bits per heavy atom. The van der Waals surface area contributed by atoms with E-state index in [-0.39, 0.29) is 6.04 Å². The third-order valence-electron chi connectivity index (χ3n) is 2.51. The quantitative estimate of drug-likeness (QED) is 0.820. The minimum absolute atomic E-state index is 0.0229. The molecule has 7 heteroatoms. The topological polar surface area (TPSA) is 86.2 Å². The van der Waals surface area contributed by atoms with Crippen molar-refractivity contribution >= 4 is 0 Å². The SMILES string of the molecule is Cc1cc(-c2nc(C3COCCN3)no2)on1. The van der Waals surface area contributed by atoms with Gasteiger partial charge in [-0.1, -0.05) is 10.3 Å². The molecule has 3 heterocycles. The number of aromatic nitrogens is 3. The predicted octanol–water partition coefficient (Wildman–Crippen LogP) is 0.694. The van der Waals surface area contributed by atoms with E-state index >= 15 is 0 Å². The molecule has 1 aliphatic rings. The van der Waals surface area contributed by atoms with Gasteiger partial charge in [0.05, 0.1) is 24.9 Å². The third kappa shape index (κ3) is 2.06. The van der Waals surface area contributed by atoms with Crippen molar-refractivity contribution in [3.8, 4) is 11.7 Å². The summed E-state index contributed by atoms with van der Waals surface area (Å²) < 4.78 is 15.5. The summed E-state index contributed by atoms with van der Waals surface area (Å²) in [6.07, 6.45) is 0. The Morgan fingerprint density at radius 2 is 2.29 bits per heavy atom. The van der Waals surface area contributed by atoms with Gasteiger partial charge >= 0.3 is 0 Å². The van der Waals surface area contributed by atoms with Gasteiger partial charge in [0.1, 0.15) is 0 Å². The van der Waals surface area contributed by atoms with Crippen LogP contribution in [0, 0.1) is 6.92 Å². The second-order valence-electron chi connectivity index (χ2n) is 3.87. The van der Waals surface area contributed by atoms with Gasteiger partial charge in [-0.3, -0.25) is 0 Å². The van der Waals surface area contributed by atoms with Crippen LogP contribution in [-0.4, -0.2) is 35.1 Å². The van der Waals surface area contributed by atoms with E-state index in [9.17, 15) is 0 Å². The minimum atomic E-state index is -0.0229. The van der Waals surface area contributed by atoms with Crippen LogP contribution in [0.5, 0.6) is 0 Å². The molecule has 0 bridgehead atoms. The monoisotopic (exact) mass is 236 g/mol. The van der Waals surface area contributed by atoms with Gasteiger partial charge in [-0.15, -0.1) is 0 Å². The maximum atomic E-state index is 5.34. The molecule has 1 fully saturated rings. The maximum Gasteiger partial charge on any atom is 0.296 e. The van der Waals surface area contributed by atoms with Crippen LogP contribution in [0.3, 0.4) is 0 Å². The van der Waals surface area contributed by atoms with Crippen LogP contribution in [0.25, 0.3) is 11.7 Å². The summed E-state index contributed by atoms with van der Waals surface area (Å²) in [6, 6.07) is 1.73. The highest BCUT2D eigenvalue weighted by Gasteiger charge is 2.22. The minimum Gasteiger partial charge on any atom is -0.378 e. The zero-order chi connectivity index (χ0) is 11.7. The number of rotatable bonds is 2. The Kier molecular flexibility index (Phi) is 2.62. The van der Waals surface area contributed by atoms with Gasteiger partial charge < -0.3 is 19.1 Å². The molecule has 7 nitrogen and oxygen atoms in total. The Balaban J connectivity index is 1.82. The Bertz CT molecular complexity index is 501. The van der Waals surface area contributed by atoms with E-state index in [1.807, 2.05) is 6.92 Å². The van der Waals surface area contributed by atoms with Crippen molar-refractivity contribution in [3.05, 3.63) is 17.6 Å². The summed E-state index contributed by atoms with van der Waals surface area (Å²) in [5.74, 6) is 1.40. The van der Waals surface area contributed by atoms with Gasteiger partial charge in [0.2, 0.25) is 5.76 Å². The van der Waals surface area contributed by atoms with Gasteiger partial charge in [0, 0.05) is 12.6 Å². The van der Waals surface area contributed by atoms with Crippen LogP contribution in [0.2, 0.25) is 0 Å². The summed E-state index contributed by atoms with van der Waals surface area (Å²) >= 11 is 0. The standard InChI is InChI=1S/C10H12N4O3/c1-6-4-8(16-13-6)10-12-9(14-17-10)7-5-15-3-2-11-7/h4,7,11H,2-3,5H2,1H3. The van der Waals surface area contributed by atoms with E-state index in [0.717, 1.165) is 12.2 Å². The van der Waals surface area contributed by atoms with E-state index < -0.39 is 0 Å². The highest BCUT2D eigenvalue weighted by molar-refractivity contribution is 5.43. The molecule has 2 aromatic rings. The molecule has 0 aliphatic carbocycles. The molecule has 3 rings (SSSR count). The van der Waals surface area contributed by atoms with Crippen LogP contribution >= 0.6 is 0 Å². The van der Waals surface area contributed by atoms with E-state index in [4.69, 9.17) is 13.8 Å². The highest BCUT2D eigenvalue weighted by atomic mass is 16.5. The molecule has 1 aliphatic heterocycles. The fraction of sp³-hybridized carbons (Fsp3) is 0.500. The maximum absolute atomic E-state index is 5.34. The second kappa shape index (κ2) is 4.27. The first-order valence-electron chi connectivity index (χ1n) is 5.41. The molecule has 17 heavy (non-hydrogen) atoms. The molecule has 1 unspecified atom stereocenters. The first-order valence-corrected chi connectivity index (χ1v) is 5.41. The van der Waals surface area contributed by atoms with Gasteiger partial charge in [0.25, 0.3) is 5.89 Å². The van der Waals surface area contributed by atoms with Crippen LogP contribution in [0.15, 0.2) is 15.1 Å². The molecule has 1 N–H and O–H groups in total. The molecule has 90 valence electrons. The van der Waals surface area contributed by atoms with Crippen molar-refractivity contribution < 1.29 is 13.8 Å². The molecule has 0 spiro atoms. The summed E-state index contributed by atoms with van der Waals surface area (Å²) in [4.78, 5) is 4.26. The molecule has 0 radical (unpaired) electrons. The van der Waals surface area contributed by atoms with Crippen molar-refractivity contribution in [2.75, 3.05) is 19.8 Å². The van der Waals surface area contributed by atoms with E-state index in [1.54, 1.807) is 6.07 Å². The lowest BCUT2D eigenvalue weighted by atomic mass is 10.2. The average molecular weight is 236 g/mol. The molecular formula is C10H12N4O3. The van der Waals surface area contributed by atoms with E-state index in [2.05, 4.69) is 20.6 Å². The summed E-state index contributed by atoms with van der Waals surface area (Å²) in [5.41, 5.74) is 0.777. The van der Waals surface area contributed by atoms with Crippen molar-refractivity contribution in [2.24, 2.45) is 0 Å². The lowest BCUT2D eigenvalue weighted by Crippen LogP contribution is -2.35. The zero-order valence-corrected chi connectivity index (χ0v) is 9.34. The van der Waals surface area contributed by atoms with Crippen molar-refractivity contribution in [3.63, 3.8) is 0 Å². The lowest BCUT2D eigenvalue weighted by molar-refractivity contribution is 0.0734. The number of hydrogen-bond acceptors (Lipinski definition) is 7. The van der Waals surface area contributed by atoms with Gasteiger partial charge in [0.15, 0.2) is 5.82 Å². The second-order valence-corrected chi connectivity index (χ2v) is 3.87. The van der Waals surface area contributed by atoms with Gasteiger partial charge in [-0.25, -0.2) is 0 Å². The Labute approximate surface area is 97.1 Å². The number of aryl methyl sites for hydroxylation is 1. The molecule has 0 amide bonds. The molecule has 0 saturated carbocycles. The van der Waals surface area contributed by atoms with E-state index in [1.165, 1.54) is 0 Å². The normalized spacial score (nSPS) is 20.6. The van der Waals surface area contributed by atoms with Crippen molar-refractivity contribution in [1.82, 2.24) is 20.6 Å². The highest BCUT2D eigenvalue weighted by Crippen LogP contribution is 2.20. The first-order chi connectivity index (χ1) is 8.33. The fourth-order valence-electron chi connectivity index (χ4n) is 1.67. The van der Waals surface area contributed by atoms with E-state index in [0.29, 0.717) is 30.7 Å². The molecule has 1 saturated heterocycles. The number of hydrogen-bond donors (Lipinski definition) is 1. The summed E-state index contributed by atoms with van der Waals surface area (Å²) in [5, 5.41) is 10.9. The molecule has 2 aromatic heterocycles. The predicted molar refractivity (Wildman–Crippen MR) is 56.1 cm³/mol. The summed E-state index contributed by atoms with van der Waals surface area (Å²) in [6.45, 7) is 3.88. The van der Waals surface area contributed by atoms with Crippen LogP contribution in [-0.2, 0) is 4.74 Å². The largest absolute Gasteiger partial charge is 0.378 e. The Hall–Kier alpha value is -1.73. The van der Waals surface area contributed by atoms with Crippen LogP contribution in [0.1, 0.15) is 17.6 Å². The van der Waals surface area contributed by atoms with Crippen LogP contribution in [0.4, 0.5) is 0 Å². The lowest BCUT2D eigenvalue weighted by Gasteiger charge is -2.20. The van der Waals surface area contributed by atoms with Crippen LogP contribution < -0.4 is 5.32 Å². The van der Waals surface area contributed by atoms with Crippen molar-refractivity contribution in [2.45, 2.75) is 13.0 Å². The average Bonchev–Trinajstić information content (AvgIpc) is 2.98. The molecule has 0 aromatic carbocycles. The van der Waals surface area contributed by atoms with Crippen molar-refractivity contribution in [1.29, 1.82) is 0 Å². The smallest absolute Gasteiger partial charge is 0.296 e. The Morgan fingerprint density at radius 1 is 1.35 bits per heavy atom. The first kappa shape index (κ1) is 10.4. The van der Waals surface area contributed by atoms with Gasteiger partial charge in [-0.2, -0.15) is 4.98 Å².